The number of rotatable bonds is 6. The van der Waals surface area contributed by atoms with Crippen LogP contribution in [0, 0.1) is 12.7 Å². The Bertz CT molecular complexity index is 705. The van der Waals surface area contributed by atoms with E-state index in [9.17, 15) is 9.18 Å². The Morgan fingerprint density at radius 3 is 2.96 bits per heavy atom. The molecule has 0 aliphatic heterocycles. The third-order valence-corrected chi connectivity index (χ3v) is 3.73. The molecule has 2 aromatic rings. The van der Waals surface area contributed by atoms with E-state index in [0.29, 0.717) is 24.4 Å². The highest BCUT2D eigenvalue weighted by molar-refractivity contribution is 6.34. The van der Waals surface area contributed by atoms with Crippen molar-refractivity contribution in [3.63, 3.8) is 0 Å². The summed E-state index contributed by atoms with van der Waals surface area (Å²) in [6.45, 7) is 3.82. The van der Waals surface area contributed by atoms with E-state index in [1.165, 1.54) is 12.1 Å². The van der Waals surface area contributed by atoms with E-state index in [1.807, 2.05) is 0 Å². The van der Waals surface area contributed by atoms with Gasteiger partial charge in [0, 0.05) is 13.5 Å². The van der Waals surface area contributed by atoms with Gasteiger partial charge in [0.15, 0.2) is 5.82 Å². The van der Waals surface area contributed by atoms with Gasteiger partial charge in [0.25, 0.3) is 5.91 Å². The monoisotopic (exact) mass is 341 g/mol. The Labute approximate surface area is 138 Å². The SMILES string of the molecule is COCCc1noc([C@H](C)NC(=O)c2c(F)ccc(C)c2Cl)n1. The van der Waals surface area contributed by atoms with E-state index in [-0.39, 0.29) is 16.5 Å². The number of carbonyl (C=O) groups excluding carboxylic acids is 1. The fraction of sp³-hybridized carbons (Fsp3) is 0.400. The van der Waals surface area contributed by atoms with Crippen LogP contribution in [0.3, 0.4) is 0 Å². The second-order valence-electron chi connectivity index (χ2n) is 5.04. The van der Waals surface area contributed by atoms with Crippen molar-refractivity contribution in [1.82, 2.24) is 15.5 Å². The average molecular weight is 342 g/mol. The summed E-state index contributed by atoms with van der Waals surface area (Å²) < 4.78 is 23.9. The highest BCUT2D eigenvalue weighted by atomic mass is 35.5. The lowest BCUT2D eigenvalue weighted by molar-refractivity contribution is 0.0928. The molecule has 0 bridgehead atoms. The molecule has 0 fully saturated rings. The van der Waals surface area contributed by atoms with Gasteiger partial charge in [-0.05, 0) is 25.5 Å². The zero-order valence-corrected chi connectivity index (χ0v) is 13.8. The molecule has 0 saturated heterocycles. The Morgan fingerprint density at radius 1 is 1.52 bits per heavy atom. The highest BCUT2D eigenvalue weighted by Gasteiger charge is 2.22. The number of halogens is 2. The Kier molecular flexibility index (Phi) is 5.68. The van der Waals surface area contributed by atoms with Gasteiger partial charge >= 0.3 is 0 Å². The maximum atomic E-state index is 13.9. The van der Waals surface area contributed by atoms with Crippen molar-refractivity contribution in [2.45, 2.75) is 26.3 Å². The molecule has 124 valence electrons. The van der Waals surface area contributed by atoms with E-state index in [0.717, 1.165) is 0 Å². The topological polar surface area (TPSA) is 77.3 Å². The molecule has 1 N–H and O–H groups in total. The van der Waals surface area contributed by atoms with Crippen LogP contribution in [0.15, 0.2) is 16.7 Å². The summed E-state index contributed by atoms with van der Waals surface area (Å²) in [4.78, 5) is 16.4. The minimum absolute atomic E-state index is 0.0843. The predicted octanol–water partition coefficient (Wildman–Crippen LogP) is 2.85. The molecule has 0 aliphatic carbocycles. The van der Waals surface area contributed by atoms with Gasteiger partial charge in [0.05, 0.1) is 17.2 Å². The molecule has 0 unspecified atom stereocenters. The summed E-state index contributed by atoms with van der Waals surface area (Å²) in [6, 6.07) is 2.14. The van der Waals surface area contributed by atoms with Gasteiger partial charge in [0.1, 0.15) is 11.9 Å². The van der Waals surface area contributed by atoms with E-state index < -0.39 is 17.8 Å². The molecule has 1 heterocycles. The van der Waals surface area contributed by atoms with E-state index >= 15 is 0 Å². The minimum Gasteiger partial charge on any atom is -0.384 e. The summed E-state index contributed by atoms with van der Waals surface area (Å²) in [5.74, 6) is -0.617. The first-order valence-corrected chi connectivity index (χ1v) is 7.38. The fourth-order valence-corrected chi connectivity index (χ4v) is 2.17. The Balaban J connectivity index is 2.11. The number of ether oxygens (including phenoxy) is 1. The second-order valence-corrected chi connectivity index (χ2v) is 5.42. The van der Waals surface area contributed by atoms with E-state index in [1.54, 1.807) is 21.0 Å². The molecule has 0 radical (unpaired) electrons. The van der Waals surface area contributed by atoms with Crippen LogP contribution in [-0.4, -0.2) is 29.8 Å². The predicted molar refractivity (Wildman–Crippen MR) is 81.9 cm³/mol. The van der Waals surface area contributed by atoms with Crippen LogP contribution in [-0.2, 0) is 11.2 Å². The quantitative estimate of drug-likeness (QED) is 0.874. The van der Waals surface area contributed by atoms with Crippen LogP contribution in [0.5, 0.6) is 0 Å². The minimum atomic E-state index is -0.684. The maximum absolute atomic E-state index is 13.9. The number of benzene rings is 1. The molecular formula is C15H17ClFN3O3. The van der Waals surface area contributed by atoms with Gasteiger partial charge < -0.3 is 14.6 Å². The largest absolute Gasteiger partial charge is 0.384 e. The van der Waals surface area contributed by atoms with E-state index in [2.05, 4.69) is 15.5 Å². The van der Waals surface area contributed by atoms with Gasteiger partial charge in [-0.25, -0.2) is 4.39 Å². The lowest BCUT2D eigenvalue weighted by atomic mass is 10.1. The molecule has 6 nitrogen and oxygen atoms in total. The van der Waals surface area contributed by atoms with Crippen LogP contribution in [0.2, 0.25) is 5.02 Å². The number of methoxy groups -OCH3 is 1. The number of carbonyl (C=O) groups is 1. The van der Waals surface area contributed by atoms with Crippen molar-refractivity contribution in [3.8, 4) is 0 Å². The maximum Gasteiger partial charge on any atom is 0.256 e. The normalized spacial score (nSPS) is 12.2. The number of amides is 1. The van der Waals surface area contributed by atoms with Crippen molar-refractivity contribution < 1.29 is 18.4 Å². The summed E-state index contributed by atoms with van der Waals surface area (Å²) in [5, 5.41) is 6.47. The first kappa shape index (κ1) is 17.4. The molecule has 1 aromatic heterocycles. The van der Waals surface area contributed by atoms with Crippen molar-refractivity contribution >= 4 is 17.5 Å². The molecule has 1 aromatic carbocycles. The van der Waals surface area contributed by atoms with Crippen molar-refractivity contribution in [3.05, 3.63) is 45.8 Å². The molecule has 23 heavy (non-hydrogen) atoms. The van der Waals surface area contributed by atoms with Gasteiger partial charge in [0.2, 0.25) is 5.89 Å². The molecule has 1 atom stereocenters. The molecule has 0 saturated carbocycles. The van der Waals surface area contributed by atoms with Crippen LogP contribution in [0.1, 0.15) is 40.6 Å². The smallest absolute Gasteiger partial charge is 0.256 e. The highest BCUT2D eigenvalue weighted by Crippen LogP contribution is 2.24. The molecule has 0 spiro atoms. The molecule has 1 amide bonds. The van der Waals surface area contributed by atoms with Gasteiger partial charge in [-0.3, -0.25) is 4.79 Å². The number of aromatic nitrogens is 2. The number of aryl methyl sites for hydroxylation is 1. The standard InChI is InChI=1S/C15H17ClFN3O3/c1-8-4-5-10(17)12(13(8)16)14(21)18-9(2)15-19-11(20-23-15)6-7-22-3/h4-5,9H,6-7H2,1-3H3,(H,18,21)/t9-/m0/s1. The van der Waals surface area contributed by atoms with Crippen LogP contribution in [0.4, 0.5) is 4.39 Å². The summed E-state index contributed by atoms with van der Waals surface area (Å²) in [7, 11) is 1.57. The van der Waals surface area contributed by atoms with Gasteiger partial charge in [-0.15, -0.1) is 0 Å². The zero-order valence-electron chi connectivity index (χ0n) is 13.0. The lowest BCUT2D eigenvalue weighted by Crippen LogP contribution is -2.28. The molecule has 8 heteroatoms. The van der Waals surface area contributed by atoms with Crippen molar-refractivity contribution in [2.75, 3.05) is 13.7 Å². The van der Waals surface area contributed by atoms with Crippen LogP contribution >= 0.6 is 11.6 Å². The number of nitrogens with one attached hydrogen (secondary N) is 1. The summed E-state index contributed by atoms with van der Waals surface area (Å²) >= 11 is 6.02. The first-order valence-electron chi connectivity index (χ1n) is 7.01. The van der Waals surface area contributed by atoms with E-state index in [4.69, 9.17) is 20.9 Å². The van der Waals surface area contributed by atoms with Crippen LogP contribution in [0.25, 0.3) is 0 Å². The number of nitrogens with zero attached hydrogens (tertiary/aromatic N) is 2. The fourth-order valence-electron chi connectivity index (χ4n) is 1.93. The lowest BCUT2D eigenvalue weighted by Gasteiger charge is -2.12. The Morgan fingerprint density at radius 2 is 2.26 bits per heavy atom. The third kappa shape index (κ3) is 4.05. The second kappa shape index (κ2) is 7.52. The van der Waals surface area contributed by atoms with Crippen molar-refractivity contribution in [1.29, 1.82) is 0 Å². The average Bonchev–Trinajstić information content (AvgIpc) is 2.98. The third-order valence-electron chi connectivity index (χ3n) is 3.24. The Hall–Kier alpha value is -1.99. The van der Waals surface area contributed by atoms with Crippen molar-refractivity contribution in [2.24, 2.45) is 0 Å². The summed E-state index contributed by atoms with van der Waals surface area (Å²) in [6.07, 6.45) is 0.499. The molecule has 0 aliphatic rings. The first-order chi connectivity index (χ1) is 10.9. The van der Waals surface area contributed by atoms with Crippen LogP contribution < -0.4 is 5.32 Å². The van der Waals surface area contributed by atoms with Gasteiger partial charge in [-0.2, -0.15) is 4.98 Å². The molecule has 2 rings (SSSR count). The molecular weight excluding hydrogens is 325 g/mol. The number of hydrogen-bond acceptors (Lipinski definition) is 5. The zero-order chi connectivity index (χ0) is 17.0. The van der Waals surface area contributed by atoms with Gasteiger partial charge in [-0.1, -0.05) is 22.8 Å². The summed E-state index contributed by atoms with van der Waals surface area (Å²) in [5.41, 5.74) is 0.420. The number of hydrogen-bond donors (Lipinski definition) is 1.